The van der Waals surface area contributed by atoms with Crippen molar-refractivity contribution in [3.63, 3.8) is 0 Å². The van der Waals surface area contributed by atoms with E-state index in [2.05, 4.69) is 23.2 Å². The summed E-state index contributed by atoms with van der Waals surface area (Å²) in [4.78, 5) is 43.8. The Morgan fingerprint density at radius 1 is 0.661 bits per heavy atom. The maximum atomic E-state index is 14.2. The highest BCUT2D eigenvalue weighted by Gasteiger charge is 2.33. The number of urea groups is 1. The zero-order chi connectivity index (χ0) is 41.0. The highest BCUT2D eigenvalue weighted by molar-refractivity contribution is 7.88. The minimum absolute atomic E-state index is 0.0516. The van der Waals surface area contributed by atoms with Crippen molar-refractivity contribution >= 4 is 39.4 Å². The van der Waals surface area contributed by atoms with Crippen LogP contribution in [0.5, 0.6) is 11.5 Å². The molecule has 56 heavy (non-hydrogen) atoms. The zero-order valence-electron chi connectivity index (χ0n) is 30.3. The minimum atomic E-state index is -5.02. The Bertz CT molecular complexity index is 2120. The fourth-order valence-electron chi connectivity index (χ4n) is 5.64. The van der Waals surface area contributed by atoms with Gasteiger partial charge >= 0.3 is 16.2 Å². The van der Waals surface area contributed by atoms with Crippen LogP contribution in [-0.2, 0) is 32.6 Å². The molecular weight excluding hydrogens is 759 g/mol. The molecule has 0 aromatic heterocycles. The molecular formula is C39H39F4N5O7S. The lowest BCUT2D eigenvalue weighted by atomic mass is 10.0. The SMILES string of the molecule is C=CCN(C(=O)[C@H](Cc1cc(F)cc(F)c1)NC(=O)NS(=O)(=O)N[C@@H](Cc1cc(F)cc(F)c1)C(=O)N(CC=C)c1ccc(OC)cc1)c1ccc(OC)cc1. The number of hydrogen-bond acceptors (Lipinski definition) is 7. The predicted octanol–water partition coefficient (Wildman–Crippen LogP) is 5.35. The third-order valence-corrected chi connectivity index (χ3v) is 9.12. The first-order valence-electron chi connectivity index (χ1n) is 16.8. The maximum Gasteiger partial charge on any atom is 0.330 e. The van der Waals surface area contributed by atoms with Crippen LogP contribution in [0, 0.1) is 23.3 Å². The maximum absolute atomic E-state index is 14.2. The van der Waals surface area contributed by atoms with Crippen molar-refractivity contribution in [2.45, 2.75) is 24.9 Å². The Labute approximate surface area is 321 Å². The molecule has 4 rings (SSSR count). The van der Waals surface area contributed by atoms with Gasteiger partial charge in [-0.3, -0.25) is 9.59 Å². The molecule has 0 fully saturated rings. The number of hydrogen-bond donors (Lipinski definition) is 3. The lowest BCUT2D eigenvalue weighted by Gasteiger charge is -2.28. The second-order valence-corrected chi connectivity index (χ2v) is 13.6. The minimum Gasteiger partial charge on any atom is -0.497 e. The number of nitrogens with one attached hydrogen (secondary N) is 3. The van der Waals surface area contributed by atoms with Crippen LogP contribution in [0.15, 0.2) is 110 Å². The number of nitrogens with zero attached hydrogens (tertiary/aromatic N) is 2. The number of halogens is 4. The van der Waals surface area contributed by atoms with Crippen molar-refractivity contribution in [1.29, 1.82) is 0 Å². The van der Waals surface area contributed by atoms with E-state index in [4.69, 9.17) is 9.47 Å². The van der Waals surface area contributed by atoms with E-state index in [9.17, 15) is 40.4 Å². The van der Waals surface area contributed by atoms with Gasteiger partial charge in [0.15, 0.2) is 0 Å². The molecule has 12 nitrogen and oxygen atoms in total. The first kappa shape index (κ1) is 42.5. The summed E-state index contributed by atoms with van der Waals surface area (Å²) in [5.74, 6) is -4.69. The van der Waals surface area contributed by atoms with Crippen LogP contribution in [-0.4, -0.2) is 65.7 Å². The van der Waals surface area contributed by atoms with Gasteiger partial charge in [-0.15, -0.1) is 13.2 Å². The average Bonchev–Trinajstić information content (AvgIpc) is 3.14. The molecule has 4 amide bonds. The Balaban J connectivity index is 1.65. The lowest BCUT2D eigenvalue weighted by Crippen LogP contribution is -2.57. The third kappa shape index (κ3) is 11.9. The van der Waals surface area contributed by atoms with Gasteiger partial charge in [-0.25, -0.2) is 27.1 Å². The number of methoxy groups -OCH3 is 2. The lowest BCUT2D eigenvalue weighted by molar-refractivity contribution is -0.120. The second-order valence-electron chi connectivity index (χ2n) is 12.1. The molecule has 0 saturated heterocycles. The van der Waals surface area contributed by atoms with Gasteiger partial charge in [0, 0.05) is 43.0 Å². The smallest absolute Gasteiger partial charge is 0.330 e. The number of ether oxygens (including phenoxy) is 2. The largest absolute Gasteiger partial charge is 0.497 e. The van der Waals surface area contributed by atoms with Crippen molar-refractivity contribution in [2.75, 3.05) is 37.1 Å². The van der Waals surface area contributed by atoms with E-state index < -0.39 is 76.2 Å². The van der Waals surface area contributed by atoms with Gasteiger partial charge < -0.3 is 24.6 Å². The molecule has 2 atom stereocenters. The first-order chi connectivity index (χ1) is 26.6. The van der Waals surface area contributed by atoms with E-state index in [1.54, 1.807) is 29.0 Å². The molecule has 0 aliphatic carbocycles. The summed E-state index contributed by atoms with van der Waals surface area (Å²) in [5, 5.41) is 2.25. The molecule has 3 N–H and O–H groups in total. The van der Waals surface area contributed by atoms with Crippen LogP contribution in [0.2, 0.25) is 0 Å². The Morgan fingerprint density at radius 2 is 1.04 bits per heavy atom. The fraction of sp³-hybridized carbons (Fsp3) is 0.205. The van der Waals surface area contributed by atoms with E-state index in [0.29, 0.717) is 29.3 Å². The van der Waals surface area contributed by atoms with Crippen molar-refractivity contribution in [3.8, 4) is 11.5 Å². The summed E-state index contributed by atoms with van der Waals surface area (Å²) in [6.07, 6.45) is 1.68. The van der Waals surface area contributed by atoms with Gasteiger partial charge in [-0.05, 0) is 90.3 Å². The number of carbonyl (C=O) groups is 3. The number of rotatable bonds is 18. The summed E-state index contributed by atoms with van der Waals surface area (Å²) < 4.78 is 97.9. The highest BCUT2D eigenvalue weighted by atomic mass is 32.2. The number of amides is 4. The van der Waals surface area contributed by atoms with E-state index in [1.165, 1.54) is 55.5 Å². The topological polar surface area (TPSA) is 146 Å². The third-order valence-electron chi connectivity index (χ3n) is 8.07. The van der Waals surface area contributed by atoms with E-state index in [-0.39, 0.29) is 29.9 Å². The number of anilines is 2. The van der Waals surface area contributed by atoms with Gasteiger partial charge in [0.25, 0.3) is 0 Å². The van der Waals surface area contributed by atoms with Crippen LogP contribution in [0.25, 0.3) is 0 Å². The summed E-state index contributed by atoms with van der Waals surface area (Å²) in [7, 11) is -2.14. The van der Waals surface area contributed by atoms with Crippen molar-refractivity contribution in [2.24, 2.45) is 0 Å². The molecule has 296 valence electrons. The molecule has 4 aromatic carbocycles. The zero-order valence-corrected chi connectivity index (χ0v) is 31.1. The summed E-state index contributed by atoms with van der Waals surface area (Å²) >= 11 is 0. The van der Waals surface area contributed by atoms with Crippen LogP contribution in [0.3, 0.4) is 0 Å². The molecule has 0 spiro atoms. The molecule has 0 unspecified atom stereocenters. The van der Waals surface area contributed by atoms with Crippen LogP contribution >= 0.6 is 0 Å². The van der Waals surface area contributed by atoms with Crippen molar-refractivity contribution in [1.82, 2.24) is 14.8 Å². The van der Waals surface area contributed by atoms with Crippen LogP contribution < -0.4 is 34.0 Å². The highest BCUT2D eigenvalue weighted by Crippen LogP contribution is 2.23. The van der Waals surface area contributed by atoms with E-state index >= 15 is 0 Å². The standard InChI is InChI=1S/C39H39F4N5O7S/c1-5-15-47(31-7-11-33(54-3)12-8-31)37(49)35(21-25-17-27(40)23-28(41)18-25)44-39(51)46-56(52,53)45-36(22-26-19-29(42)24-30(43)20-26)38(50)48(16-6-2)32-9-13-34(55-4)14-10-32/h5-14,17-20,23-24,35-36,45H,1-2,15-16,21-22H2,3-4H3,(H2,44,46,51)/t35-,36-/m0/s1. The summed E-state index contributed by atoms with van der Waals surface area (Å²) in [6, 6.07) is 12.4. The van der Waals surface area contributed by atoms with E-state index in [0.717, 1.165) is 29.2 Å². The van der Waals surface area contributed by atoms with Crippen LogP contribution in [0.1, 0.15) is 11.1 Å². The van der Waals surface area contributed by atoms with Gasteiger partial charge in [0.2, 0.25) is 11.8 Å². The van der Waals surface area contributed by atoms with Crippen LogP contribution in [0.4, 0.5) is 33.7 Å². The number of benzene rings is 4. The summed E-state index contributed by atoms with van der Waals surface area (Å²) in [5.41, 5.74) is 0.449. The molecule has 0 saturated carbocycles. The van der Waals surface area contributed by atoms with Gasteiger partial charge in [0.05, 0.1) is 14.2 Å². The average molecular weight is 798 g/mol. The van der Waals surface area contributed by atoms with Crippen molar-refractivity contribution in [3.05, 3.63) is 145 Å². The Hall–Kier alpha value is -6.20. The normalized spacial score (nSPS) is 12.1. The quantitative estimate of drug-likeness (QED) is 0.0909. The Morgan fingerprint density at radius 3 is 1.41 bits per heavy atom. The number of carbonyl (C=O) groups excluding carboxylic acids is 3. The second kappa shape index (κ2) is 19.4. The first-order valence-corrected chi connectivity index (χ1v) is 18.3. The molecule has 17 heteroatoms. The Kier molecular flexibility index (Phi) is 14.7. The fourth-order valence-corrected chi connectivity index (χ4v) is 6.56. The molecule has 4 aromatic rings. The molecule has 0 aliphatic heterocycles. The molecule has 0 heterocycles. The monoisotopic (exact) mass is 797 g/mol. The molecule has 0 aliphatic rings. The molecule has 0 radical (unpaired) electrons. The van der Waals surface area contributed by atoms with Gasteiger partial charge in [0.1, 0.15) is 46.9 Å². The van der Waals surface area contributed by atoms with Gasteiger partial charge in [-0.1, -0.05) is 12.2 Å². The van der Waals surface area contributed by atoms with Gasteiger partial charge in [-0.2, -0.15) is 13.1 Å². The van der Waals surface area contributed by atoms with Crippen molar-refractivity contribution < 1.29 is 49.8 Å². The van der Waals surface area contributed by atoms with E-state index in [1.807, 2.05) is 0 Å². The molecule has 0 bridgehead atoms. The predicted molar refractivity (Wildman–Crippen MR) is 203 cm³/mol. The summed E-state index contributed by atoms with van der Waals surface area (Å²) in [6.45, 7) is 7.09.